The number of benzene rings is 2. The first-order valence-corrected chi connectivity index (χ1v) is 11.4. The van der Waals surface area contributed by atoms with Crippen LogP contribution in [-0.4, -0.2) is 34.9 Å². The molecule has 1 heterocycles. The summed E-state index contributed by atoms with van der Waals surface area (Å²) in [4.78, 5) is 23.4. The molecule has 3 aromatic rings. The molecule has 38 heavy (non-hydrogen) atoms. The summed E-state index contributed by atoms with van der Waals surface area (Å²) in [5, 5.41) is 26.0. The fourth-order valence-corrected chi connectivity index (χ4v) is 3.21. The number of carbonyl (C=O) groups is 2. The monoisotopic (exact) mass is 593 g/mol. The molecule has 0 spiro atoms. The number of carboxylic acids is 1. The van der Waals surface area contributed by atoms with Crippen molar-refractivity contribution in [3.05, 3.63) is 76.9 Å². The predicted molar refractivity (Wildman–Crippen MR) is 128 cm³/mol. The summed E-state index contributed by atoms with van der Waals surface area (Å²) in [6.45, 7) is 4.35. The molecular formula is C26H26ClK2NO8. The second kappa shape index (κ2) is 20.2. The van der Waals surface area contributed by atoms with E-state index in [1.54, 1.807) is 6.07 Å². The Morgan fingerprint density at radius 2 is 1.71 bits per heavy atom. The Hall–Kier alpha value is -0.707. The Labute approximate surface area is 311 Å². The number of nitrogens with zero attached hydrogens (tertiary/aromatic N) is 1. The van der Waals surface area contributed by atoms with Crippen molar-refractivity contribution in [2.75, 3.05) is 6.61 Å². The van der Waals surface area contributed by atoms with Gasteiger partial charge >= 0.3 is 109 Å². The molecule has 0 radical (unpaired) electrons. The van der Waals surface area contributed by atoms with Crippen LogP contribution in [0.2, 0.25) is 5.02 Å². The van der Waals surface area contributed by atoms with Crippen LogP contribution < -0.4 is 127 Å². The number of pyridine rings is 1. The molecule has 0 aliphatic heterocycles. The number of ether oxygens (including phenoxy) is 3. The van der Waals surface area contributed by atoms with Crippen molar-refractivity contribution in [2.24, 2.45) is 0 Å². The topological polar surface area (TPSA) is 141 Å². The van der Waals surface area contributed by atoms with Crippen molar-refractivity contribution in [1.29, 1.82) is 0 Å². The van der Waals surface area contributed by atoms with Crippen LogP contribution in [0.3, 0.4) is 0 Å². The molecular weight excluding hydrogens is 568 g/mol. The second-order valence-corrected chi connectivity index (χ2v) is 8.11. The van der Waals surface area contributed by atoms with Crippen molar-refractivity contribution < 1.29 is 142 Å². The van der Waals surface area contributed by atoms with Crippen LogP contribution in [0.15, 0.2) is 60.8 Å². The minimum atomic E-state index is -2.33. The Morgan fingerprint density at radius 3 is 2.32 bits per heavy atom. The number of carboxylic acid groups (broad SMARTS) is 3. The van der Waals surface area contributed by atoms with E-state index in [9.17, 15) is 4.79 Å². The first-order valence-electron chi connectivity index (χ1n) is 11.0. The molecule has 1 aromatic heterocycles. The molecule has 12 heteroatoms. The largest absolute Gasteiger partial charge is 1.00 e. The fraction of sp³-hybridized carbons (Fsp3) is 0.269. The summed E-state index contributed by atoms with van der Waals surface area (Å²) >= 11 is 6.08. The van der Waals surface area contributed by atoms with Crippen molar-refractivity contribution in [1.82, 2.24) is 4.98 Å². The molecule has 1 N–H and O–H groups in total. The van der Waals surface area contributed by atoms with E-state index in [-0.39, 0.29) is 115 Å². The van der Waals surface area contributed by atoms with E-state index in [1.165, 1.54) is 6.20 Å². The zero-order chi connectivity index (χ0) is 26.5. The van der Waals surface area contributed by atoms with Gasteiger partial charge in [0.05, 0.1) is 11.6 Å². The number of carbonyl (C=O) groups excluding carboxylic acids is 1. The summed E-state index contributed by atoms with van der Waals surface area (Å²) in [6, 6.07) is 16.7. The van der Waals surface area contributed by atoms with E-state index in [0.717, 1.165) is 16.9 Å². The quantitative estimate of drug-likeness (QED) is 0.242. The molecule has 1 atom stereocenters. The molecule has 0 bridgehead atoms. The number of aryl methyl sites for hydroxylation is 2. The standard InChI is InChI=1S/C25H26ClNO5.CH2O3.2K/c1-17-14-22(10-8-19(17)9-11-24(28)29)30-13-12-18(2)31-25-23(15-20(26)16-27-25)32-21-6-4-3-5-7-21;2-1(3)4;;/h3-8,10,14-16,18H,9,11-13H2,1-2H3,(H,28,29);(H2,2,3,4);;/q;;2*+1/p-2/t18-;;;/m0.../s1. The van der Waals surface area contributed by atoms with Gasteiger partial charge in [-0.15, -0.1) is 0 Å². The maximum absolute atomic E-state index is 10.8. The normalized spacial score (nSPS) is 10.4. The maximum atomic E-state index is 10.8. The van der Waals surface area contributed by atoms with E-state index in [4.69, 9.17) is 45.9 Å². The SMILES string of the molecule is Cc1cc(OCC[C@H](C)Oc2ncc(Cl)cc2Oc2ccccc2)ccc1CCC(=O)O.O=C([O-])[O-].[K+].[K+]. The third kappa shape index (κ3) is 15.2. The Bertz CT molecular complexity index is 1150. The minimum absolute atomic E-state index is 0. The number of hydrogen-bond acceptors (Lipinski definition) is 8. The third-order valence-electron chi connectivity index (χ3n) is 4.78. The van der Waals surface area contributed by atoms with Gasteiger partial charge < -0.3 is 34.3 Å². The van der Waals surface area contributed by atoms with Gasteiger partial charge in [-0.25, -0.2) is 4.98 Å². The van der Waals surface area contributed by atoms with E-state index in [2.05, 4.69) is 4.98 Å². The number of aliphatic carboxylic acids is 1. The van der Waals surface area contributed by atoms with Gasteiger partial charge in [0, 0.05) is 25.1 Å². The average molecular weight is 594 g/mol. The number of aromatic nitrogens is 1. The second-order valence-electron chi connectivity index (χ2n) is 7.67. The van der Waals surface area contributed by atoms with Crippen LogP contribution in [-0.2, 0) is 11.2 Å². The van der Waals surface area contributed by atoms with Crippen LogP contribution in [0.1, 0.15) is 30.9 Å². The maximum Gasteiger partial charge on any atom is 1.00 e. The molecule has 3 rings (SSSR count). The van der Waals surface area contributed by atoms with Crippen LogP contribution in [0, 0.1) is 6.92 Å². The molecule has 0 saturated carbocycles. The van der Waals surface area contributed by atoms with Crippen LogP contribution in [0.4, 0.5) is 4.79 Å². The average Bonchev–Trinajstić information content (AvgIpc) is 2.80. The smallest absolute Gasteiger partial charge is 0.652 e. The third-order valence-corrected chi connectivity index (χ3v) is 4.99. The molecule has 9 nitrogen and oxygen atoms in total. The zero-order valence-corrected chi connectivity index (χ0v) is 28.8. The molecule has 2 aromatic carbocycles. The van der Waals surface area contributed by atoms with Gasteiger partial charge in [-0.05, 0) is 61.8 Å². The summed E-state index contributed by atoms with van der Waals surface area (Å²) in [7, 11) is 0. The van der Waals surface area contributed by atoms with Gasteiger partial charge in [-0.1, -0.05) is 35.9 Å². The Balaban J connectivity index is 0.00000213. The van der Waals surface area contributed by atoms with Gasteiger partial charge in [0.25, 0.3) is 5.88 Å². The van der Waals surface area contributed by atoms with Gasteiger partial charge in [-0.3, -0.25) is 4.79 Å². The van der Waals surface area contributed by atoms with Crippen LogP contribution >= 0.6 is 11.6 Å². The Morgan fingerprint density at radius 1 is 1.05 bits per heavy atom. The van der Waals surface area contributed by atoms with Crippen molar-refractivity contribution in [2.45, 2.75) is 39.2 Å². The summed E-state index contributed by atoms with van der Waals surface area (Å²) in [6.07, 6.45) is 0.276. The molecule has 0 aliphatic rings. The summed E-state index contributed by atoms with van der Waals surface area (Å²) < 4.78 is 17.7. The molecule has 0 unspecified atom stereocenters. The number of para-hydroxylation sites is 1. The van der Waals surface area contributed by atoms with Gasteiger partial charge in [0.15, 0.2) is 5.75 Å². The minimum Gasteiger partial charge on any atom is -0.652 e. The summed E-state index contributed by atoms with van der Waals surface area (Å²) in [5.74, 6) is 1.42. The van der Waals surface area contributed by atoms with E-state index in [0.29, 0.717) is 41.9 Å². The Kier molecular flexibility index (Phi) is 19.8. The fourth-order valence-electron chi connectivity index (χ4n) is 3.06. The van der Waals surface area contributed by atoms with Crippen molar-refractivity contribution in [3.63, 3.8) is 0 Å². The van der Waals surface area contributed by atoms with Crippen LogP contribution in [0.25, 0.3) is 0 Å². The number of hydrogen-bond donors (Lipinski definition) is 1. The van der Waals surface area contributed by atoms with Gasteiger partial charge in [0.1, 0.15) is 17.6 Å². The molecule has 0 aliphatic carbocycles. The first-order chi connectivity index (χ1) is 17.1. The number of rotatable bonds is 11. The zero-order valence-electron chi connectivity index (χ0n) is 21.8. The van der Waals surface area contributed by atoms with Crippen molar-refractivity contribution in [3.8, 4) is 23.1 Å². The first kappa shape index (κ1) is 37.3. The van der Waals surface area contributed by atoms with Crippen molar-refractivity contribution >= 4 is 23.7 Å². The molecule has 0 fully saturated rings. The van der Waals surface area contributed by atoms with E-state index < -0.39 is 12.1 Å². The van der Waals surface area contributed by atoms with Gasteiger partial charge in [-0.2, -0.15) is 0 Å². The summed E-state index contributed by atoms with van der Waals surface area (Å²) in [5.41, 5.74) is 2.03. The van der Waals surface area contributed by atoms with Crippen LogP contribution in [0.5, 0.6) is 23.1 Å². The molecule has 192 valence electrons. The van der Waals surface area contributed by atoms with E-state index >= 15 is 0 Å². The number of halogens is 1. The van der Waals surface area contributed by atoms with Gasteiger partial charge in [0.2, 0.25) is 0 Å². The predicted octanol–water partition coefficient (Wildman–Crippen LogP) is -2.35. The van der Waals surface area contributed by atoms with E-state index in [1.807, 2.05) is 62.4 Å². The molecule has 0 amide bonds. The molecule has 0 saturated heterocycles.